The molecule has 96 valence electrons. The standard InChI is InChI=1S/C12H11BrCl2N2S/c1-6-3-10(14)17-12(15)11(6)16-5-8-4-9(13)7(2)18-8/h3-4,16H,5H2,1-2H3. The third kappa shape index (κ3) is 3.18. The number of nitrogens with one attached hydrogen (secondary N) is 1. The second-order valence-corrected chi connectivity index (χ2v) is 6.84. The van der Waals surface area contributed by atoms with Crippen LogP contribution >= 0.6 is 50.5 Å². The molecule has 0 atom stereocenters. The minimum atomic E-state index is 0.410. The zero-order valence-corrected chi connectivity index (χ0v) is 13.8. The van der Waals surface area contributed by atoms with Crippen LogP contribution in [0.1, 0.15) is 15.3 Å². The van der Waals surface area contributed by atoms with E-state index in [1.165, 1.54) is 9.75 Å². The van der Waals surface area contributed by atoms with Gasteiger partial charge < -0.3 is 5.32 Å². The largest absolute Gasteiger partial charge is 0.377 e. The van der Waals surface area contributed by atoms with Crippen LogP contribution in [-0.2, 0) is 6.54 Å². The molecule has 2 rings (SSSR count). The maximum absolute atomic E-state index is 6.07. The maximum Gasteiger partial charge on any atom is 0.154 e. The number of aryl methyl sites for hydroxylation is 2. The minimum Gasteiger partial charge on any atom is -0.377 e. The highest BCUT2D eigenvalue weighted by molar-refractivity contribution is 9.10. The van der Waals surface area contributed by atoms with Crippen molar-refractivity contribution in [1.29, 1.82) is 0 Å². The Morgan fingerprint density at radius 3 is 2.61 bits per heavy atom. The van der Waals surface area contributed by atoms with E-state index in [9.17, 15) is 0 Å². The zero-order chi connectivity index (χ0) is 13.3. The van der Waals surface area contributed by atoms with Crippen LogP contribution in [-0.4, -0.2) is 4.98 Å². The smallest absolute Gasteiger partial charge is 0.154 e. The molecule has 0 bridgehead atoms. The molecule has 6 heteroatoms. The summed E-state index contributed by atoms with van der Waals surface area (Å²) in [6.45, 7) is 4.76. The minimum absolute atomic E-state index is 0.410. The molecule has 2 aromatic rings. The first-order chi connectivity index (χ1) is 8.47. The highest BCUT2D eigenvalue weighted by atomic mass is 79.9. The van der Waals surface area contributed by atoms with Gasteiger partial charge in [-0.3, -0.25) is 0 Å². The topological polar surface area (TPSA) is 24.9 Å². The van der Waals surface area contributed by atoms with Crippen molar-refractivity contribution in [1.82, 2.24) is 4.98 Å². The van der Waals surface area contributed by atoms with Crippen molar-refractivity contribution in [2.75, 3.05) is 5.32 Å². The summed E-state index contributed by atoms with van der Waals surface area (Å²) in [5.74, 6) is 0. The Morgan fingerprint density at radius 2 is 2.06 bits per heavy atom. The molecule has 2 nitrogen and oxygen atoms in total. The number of anilines is 1. The van der Waals surface area contributed by atoms with Crippen LogP contribution in [0.5, 0.6) is 0 Å². The van der Waals surface area contributed by atoms with Gasteiger partial charge in [0.1, 0.15) is 5.15 Å². The van der Waals surface area contributed by atoms with Crippen LogP contribution in [0.25, 0.3) is 0 Å². The molecule has 0 aliphatic heterocycles. The van der Waals surface area contributed by atoms with E-state index in [1.807, 2.05) is 6.92 Å². The summed E-state index contributed by atoms with van der Waals surface area (Å²) in [6, 6.07) is 3.91. The van der Waals surface area contributed by atoms with E-state index in [4.69, 9.17) is 23.2 Å². The predicted octanol–water partition coefficient (Wildman–Crippen LogP) is 5.44. The van der Waals surface area contributed by atoms with Gasteiger partial charge in [0.15, 0.2) is 5.15 Å². The molecule has 0 spiro atoms. The van der Waals surface area contributed by atoms with E-state index >= 15 is 0 Å². The van der Waals surface area contributed by atoms with Crippen LogP contribution in [0.2, 0.25) is 10.3 Å². The molecule has 0 aliphatic rings. The average molecular weight is 366 g/mol. The van der Waals surface area contributed by atoms with E-state index in [0.29, 0.717) is 10.3 Å². The van der Waals surface area contributed by atoms with Gasteiger partial charge in [-0.15, -0.1) is 11.3 Å². The molecular weight excluding hydrogens is 355 g/mol. The second-order valence-electron chi connectivity index (χ2n) is 3.90. The van der Waals surface area contributed by atoms with Crippen LogP contribution < -0.4 is 5.32 Å². The number of hydrogen-bond acceptors (Lipinski definition) is 3. The summed E-state index contributed by atoms with van der Waals surface area (Å²) in [7, 11) is 0. The summed E-state index contributed by atoms with van der Waals surface area (Å²) in [5.41, 5.74) is 1.83. The van der Waals surface area contributed by atoms with Crippen molar-refractivity contribution in [3.05, 3.63) is 42.2 Å². The first-order valence-corrected chi connectivity index (χ1v) is 7.65. The molecular formula is C12H11BrCl2N2S. The Morgan fingerprint density at radius 1 is 1.33 bits per heavy atom. The third-order valence-corrected chi connectivity index (χ3v) is 5.09. The van der Waals surface area contributed by atoms with Crippen LogP contribution in [0, 0.1) is 13.8 Å². The Labute approximate surface area is 128 Å². The van der Waals surface area contributed by atoms with Gasteiger partial charge in [-0.25, -0.2) is 4.98 Å². The molecule has 0 aliphatic carbocycles. The van der Waals surface area contributed by atoms with E-state index < -0.39 is 0 Å². The number of thiophene rings is 1. The highest BCUT2D eigenvalue weighted by Crippen LogP contribution is 2.30. The summed E-state index contributed by atoms with van der Waals surface area (Å²) in [6.07, 6.45) is 0. The molecule has 2 heterocycles. The Kier molecular flexibility index (Phi) is 4.54. The molecule has 0 saturated carbocycles. The Hall–Kier alpha value is -0.290. The summed E-state index contributed by atoms with van der Waals surface area (Å²) in [5, 5.41) is 4.13. The highest BCUT2D eigenvalue weighted by Gasteiger charge is 2.08. The molecule has 18 heavy (non-hydrogen) atoms. The van der Waals surface area contributed by atoms with Gasteiger partial charge in [-0.2, -0.15) is 0 Å². The molecule has 1 N–H and O–H groups in total. The molecule has 0 amide bonds. The van der Waals surface area contributed by atoms with Crippen molar-refractivity contribution < 1.29 is 0 Å². The first-order valence-electron chi connectivity index (χ1n) is 5.28. The van der Waals surface area contributed by atoms with Crippen molar-refractivity contribution in [2.45, 2.75) is 20.4 Å². The zero-order valence-electron chi connectivity index (χ0n) is 9.85. The third-order valence-electron chi connectivity index (χ3n) is 2.49. The van der Waals surface area contributed by atoms with Gasteiger partial charge >= 0.3 is 0 Å². The lowest BCUT2D eigenvalue weighted by Crippen LogP contribution is -2.01. The quantitative estimate of drug-likeness (QED) is 0.732. The number of hydrogen-bond donors (Lipinski definition) is 1. The summed E-state index contributed by atoms with van der Waals surface area (Å²) >= 11 is 17.2. The lowest BCUT2D eigenvalue weighted by Gasteiger charge is -2.10. The van der Waals surface area contributed by atoms with Crippen molar-refractivity contribution in [3.63, 3.8) is 0 Å². The molecule has 0 fully saturated rings. The van der Waals surface area contributed by atoms with Gasteiger partial charge in [0.25, 0.3) is 0 Å². The molecule has 0 saturated heterocycles. The van der Waals surface area contributed by atoms with Crippen molar-refractivity contribution in [2.24, 2.45) is 0 Å². The van der Waals surface area contributed by atoms with E-state index in [1.54, 1.807) is 17.4 Å². The fourth-order valence-corrected chi connectivity index (χ4v) is 3.73. The Balaban J connectivity index is 2.15. The van der Waals surface area contributed by atoms with Crippen LogP contribution in [0.4, 0.5) is 5.69 Å². The maximum atomic E-state index is 6.07. The molecule has 0 aromatic carbocycles. The van der Waals surface area contributed by atoms with Gasteiger partial charge in [-0.05, 0) is 47.5 Å². The number of rotatable bonds is 3. The average Bonchev–Trinajstić information content (AvgIpc) is 2.56. The lowest BCUT2D eigenvalue weighted by atomic mass is 10.2. The lowest BCUT2D eigenvalue weighted by molar-refractivity contribution is 1.15. The predicted molar refractivity (Wildman–Crippen MR) is 83.1 cm³/mol. The fraction of sp³-hybridized carbons (Fsp3) is 0.250. The molecule has 0 radical (unpaired) electrons. The summed E-state index contributed by atoms with van der Waals surface area (Å²) in [4.78, 5) is 6.54. The van der Waals surface area contributed by atoms with Gasteiger partial charge in [0, 0.05) is 20.8 Å². The van der Waals surface area contributed by atoms with Crippen molar-refractivity contribution in [3.8, 4) is 0 Å². The fourth-order valence-electron chi connectivity index (χ4n) is 1.59. The van der Waals surface area contributed by atoms with Gasteiger partial charge in [0.2, 0.25) is 0 Å². The number of nitrogens with zero attached hydrogens (tertiary/aromatic N) is 1. The SMILES string of the molecule is Cc1cc(Cl)nc(Cl)c1NCc1cc(Br)c(C)s1. The monoisotopic (exact) mass is 364 g/mol. The first kappa shape index (κ1) is 14.1. The summed E-state index contributed by atoms with van der Waals surface area (Å²) < 4.78 is 1.14. The Bertz CT molecular complexity index is 541. The normalized spacial score (nSPS) is 10.7. The van der Waals surface area contributed by atoms with Crippen molar-refractivity contribution >= 4 is 56.2 Å². The van der Waals surface area contributed by atoms with Crippen LogP contribution in [0.15, 0.2) is 16.6 Å². The molecule has 2 aromatic heterocycles. The number of pyridine rings is 1. The van der Waals surface area contributed by atoms with Gasteiger partial charge in [-0.1, -0.05) is 23.2 Å². The number of halogens is 3. The number of aromatic nitrogens is 1. The van der Waals surface area contributed by atoms with E-state index in [2.05, 4.69) is 39.2 Å². The van der Waals surface area contributed by atoms with Crippen LogP contribution in [0.3, 0.4) is 0 Å². The second kappa shape index (κ2) is 5.78. The van der Waals surface area contributed by atoms with E-state index in [-0.39, 0.29) is 0 Å². The van der Waals surface area contributed by atoms with E-state index in [0.717, 1.165) is 22.3 Å². The van der Waals surface area contributed by atoms with Gasteiger partial charge in [0.05, 0.1) is 5.69 Å². The molecule has 0 unspecified atom stereocenters.